The molecule has 0 heterocycles. The van der Waals surface area contributed by atoms with E-state index in [1.807, 2.05) is 13.8 Å². The molecule has 0 aromatic rings. The molecule has 0 aromatic heterocycles. The molecule has 0 radical (unpaired) electrons. The molecule has 3 heteroatoms. The minimum atomic E-state index is -0.117. The fourth-order valence-electron chi connectivity index (χ4n) is 8.49. The smallest absolute Gasteiger partial charge is 0.306 e. The molecule has 170 valence electrons. The monoisotopic (exact) mass is 416 g/mol. The molecule has 4 aliphatic carbocycles. The van der Waals surface area contributed by atoms with Crippen LogP contribution in [0.25, 0.3) is 0 Å². The van der Waals surface area contributed by atoms with Crippen molar-refractivity contribution in [2.45, 2.75) is 111 Å². The second-order valence-electron chi connectivity index (χ2n) is 11.9. The largest absolute Gasteiger partial charge is 0.463 e. The van der Waals surface area contributed by atoms with Crippen molar-refractivity contribution in [2.75, 3.05) is 0 Å². The van der Waals surface area contributed by atoms with E-state index in [-0.39, 0.29) is 18.2 Å². The Morgan fingerprint density at radius 2 is 1.90 bits per heavy atom. The first-order chi connectivity index (χ1) is 14.1. The second-order valence-corrected chi connectivity index (χ2v) is 11.9. The van der Waals surface area contributed by atoms with Crippen molar-refractivity contribution >= 4 is 5.97 Å². The molecule has 1 N–H and O–H groups in total. The van der Waals surface area contributed by atoms with Crippen LogP contribution in [0.4, 0.5) is 0 Å². The second kappa shape index (κ2) is 8.26. The summed E-state index contributed by atoms with van der Waals surface area (Å²) in [6, 6.07) is 0. The van der Waals surface area contributed by atoms with Gasteiger partial charge in [0, 0.05) is 6.42 Å². The molecule has 3 saturated carbocycles. The Bertz CT molecular complexity index is 682. The zero-order chi connectivity index (χ0) is 21.7. The molecule has 3 fully saturated rings. The summed E-state index contributed by atoms with van der Waals surface area (Å²) in [6.07, 6.45) is 13.6. The van der Waals surface area contributed by atoms with E-state index in [0.717, 1.165) is 42.9 Å². The zero-order valence-electron chi connectivity index (χ0n) is 20.0. The quantitative estimate of drug-likeness (QED) is 0.423. The molecule has 0 unspecified atom stereocenters. The summed E-state index contributed by atoms with van der Waals surface area (Å²) in [5, 5.41) is 10.2. The van der Waals surface area contributed by atoms with E-state index in [0.29, 0.717) is 23.2 Å². The zero-order valence-corrected chi connectivity index (χ0v) is 20.0. The minimum Gasteiger partial charge on any atom is -0.463 e. The Labute approximate surface area is 184 Å². The molecule has 30 heavy (non-hydrogen) atoms. The van der Waals surface area contributed by atoms with Crippen LogP contribution in [0.2, 0.25) is 0 Å². The average molecular weight is 417 g/mol. The van der Waals surface area contributed by atoms with Crippen LogP contribution in [-0.2, 0) is 9.53 Å². The summed E-state index contributed by atoms with van der Waals surface area (Å²) < 4.78 is 5.37. The maximum absolute atomic E-state index is 12.1. The van der Waals surface area contributed by atoms with E-state index in [1.165, 1.54) is 38.5 Å². The van der Waals surface area contributed by atoms with E-state index >= 15 is 0 Å². The predicted molar refractivity (Wildman–Crippen MR) is 121 cm³/mol. The van der Waals surface area contributed by atoms with Crippen LogP contribution >= 0.6 is 0 Å². The molecule has 0 aliphatic heterocycles. The van der Waals surface area contributed by atoms with Gasteiger partial charge in [0.2, 0.25) is 0 Å². The Balaban J connectivity index is 1.45. The van der Waals surface area contributed by atoms with Crippen LogP contribution in [-0.4, -0.2) is 23.3 Å². The maximum atomic E-state index is 12.1. The highest BCUT2D eigenvalue weighted by Crippen LogP contribution is 2.67. The van der Waals surface area contributed by atoms with Crippen molar-refractivity contribution in [1.29, 1.82) is 0 Å². The van der Waals surface area contributed by atoms with Gasteiger partial charge in [0.05, 0.1) is 12.2 Å². The SMILES string of the molecule is CC(C)OC(=O)CC[C@@H](C)[C@H]1CC[C@H]2[C@@H]3CC=C4C[C@@H](O)CC[C@]4(C)[C@H]3CC[C@]12C. The van der Waals surface area contributed by atoms with Gasteiger partial charge in [0.15, 0.2) is 0 Å². The highest BCUT2D eigenvalue weighted by molar-refractivity contribution is 5.69. The van der Waals surface area contributed by atoms with Gasteiger partial charge in [-0.25, -0.2) is 0 Å². The standard InChI is InChI=1S/C27H44O3/c1-17(2)30-25(29)11-6-18(3)22-9-10-23-21-8-7-19-16-20(28)12-14-26(19,4)24(21)13-15-27(22,23)5/h7,17-18,20-24,28H,6,8-16H2,1-5H3/t18-,20+,21+,22-,23+,24+,26+,27-/m1/s1. The first-order valence-corrected chi connectivity index (χ1v) is 12.7. The molecule has 4 rings (SSSR count). The van der Waals surface area contributed by atoms with Gasteiger partial charge in [0.1, 0.15) is 0 Å². The molecule has 0 amide bonds. The van der Waals surface area contributed by atoms with Gasteiger partial charge < -0.3 is 9.84 Å². The van der Waals surface area contributed by atoms with Gasteiger partial charge >= 0.3 is 5.97 Å². The van der Waals surface area contributed by atoms with Gasteiger partial charge in [-0.1, -0.05) is 32.4 Å². The Morgan fingerprint density at radius 1 is 1.13 bits per heavy atom. The molecular weight excluding hydrogens is 372 g/mol. The number of fused-ring (bicyclic) bond motifs is 5. The molecule has 3 nitrogen and oxygen atoms in total. The fraction of sp³-hybridized carbons (Fsp3) is 0.889. The van der Waals surface area contributed by atoms with Crippen molar-refractivity contribution in [3.8, 4) is 0 Å². The number of rotatable bonds is 5. The Morgan fingerprint density at radius 3 is 2.63 bits per heavy atom. The highest BCUT2D eigenvalue weighted by atomic mass is 16.5. The number of carbonyl (C=O) groups excluding carboxylic acids is 1. The molecule has 0 spiro atoms. The number of hydrogen-bond donors (Lipinski definition) is 1. The molecule has 8 atom stereocenters. The van der Waals surface area contributed by atoms with E-state index < -0.39 is 0 Å². The first kappa shape index (κ1) is 22.4. The lowest BCUT2D eigenvalue weighted by Crippen LogP contribution is -2.50. The molecule has 0 saturated heterocycles. The Kier molecular flexibility index (Phi) is 6.16. The maximum Gasteiger partial charge on any atom is 0.306 e. The highest BCUT2D eigenvalue weighted by Gasteiger charge is 2.59. The average Bonchev–Trinajstić information content (AvgIpc) is 3.03. The van der Waals surface area contributed by atoms with Gasteiger partial charge in [-0.05, 0) is 112 Å². The third kappa shape index (κ3) is 3.78. The van der Waals surface area contributed by atoms with Crippen LogP contribution in [0, 0.1) is 40.4 Å². The van der Waals surface area contributed by atoms with E-state index in [9.17, 15) is 9.90 Å². The molecule has 4 aliphatic rings. The molecule has 0 bridgehead atoms. The van der Waals surface area contributed by atoms with Crippen LogP contribution in [0.1, 0.15) is 98.8 Å². The number of ether oxygens (including phenoxy) is 1. The number of aliphatic hydroxyl groups excluding tert-OH is 1. The topological polar surface area (TPSA) is 46.5 Å². The van der Waals surface area contributed by atoms with Crippen molar-refractivity contribution in [2.24, 2.45) is 40.4 Å². The van der Waals surface area contributed by atoms with Crippen molar-refractivity contribution < 1.29 is 14.6 Å². The number of aliphatic hydroxyl groups is 1. The van der Waals surface area contributed by atoms with Gasteiger partial charge in [-0.2, -0.15) is 0 Å². The summed E-state index contributed by atoms with van der Waals surface area (Å²) in [4.78, 5) is 12.1. The van der Waals surface area contributed by atoms with Crippen LogP contribution < -0.4 is 0 Å². The number of carbonyl (C=O) groups is 1. The lowest BCUT2D eigenvalue weighted by molar-refractivity contribution is -0.148. The normalized spacial score (nSPS) is 44.0. The summed E-state index contributed by atoms with van der Waals surface area (Å²) in [6.45, 7) is 11.3. The summed E-state index contributed by atoms with van der Waals surface area (Å²) in [5.41, 5.74) is 2.32. The van der Waals surface area contributed by atoms with Crippen molar-refractivity contribution in [3.63, 3.8) is 0 Å². The summed E-state index contributed by atoms with van der Waals surface area (Å²) in [5.74, 6) is 3.74. The van der Waals surface area contributed by atoms with Gasteiger partial charge in [0.25, 0.3) is 0 Å². The third-order valence-electron chi connectivity index (χ3n) is 10.0. The van der Waals surface area contributed by atoms with E-state index in [2.05, 4.69) is 26.8 Å². The molecular formula is C27H44O3. The number of esters is 1. The van der Waals surface area contributed by atoms with E-state index in [4.69, 9.17) is 4.74 Å². The fourth-order valence-corrected chi connectivity index (χ4v) is 8.49. The third-order valence-corrected chi connectivity index (χ3v) is 10.0. The lowest BCUT2D eigenvalue weighted by Gasteiger charge is -2.58. The van der Waals surface area contributed by atoms with Gasteiger partial charge in [-0.15, -0.1) is 0 Å². The van der Waals surface area contributed by atoms with E-state index in [1.54, 1.807) is 5.57 Å². The van der Waals surface area contributed by atoms with Crippen molar-refractivity contribution in [3.05, 3.63) is 11.6 Å². The first-order valence-electron chi connectivity index (χ1n) is 12.7. The minimum absolute atomic E-state index is 0.0111. The number of hydrogen-bond acceptors (Lipinski definition) is 3. The van der Waals surface area contributed by atoms with Crippen LogP contribution in [0.15, 0.2) is 11.6 Å². The van der Waals surface area contributed by atoms with Crippen LogP contribution in [0.5, 0.6) is 0 Å². The van der Waals surface area contributed by atoms with Crippen molar-refractivity contribution in [1.82, 2.24) is 0 Å². The summed E-state index contributed by atoms with van der Waals surface area (Å²) in [7, 11) is 0. The summed E-state index contributed by atoms with van der Waals surface area (Å²) >= 11 is 0. The van der Waals surface area contributed by atoms with Crippen LogP contribution in [0.3, 0.4) is 0 Å². The molecule has 0 aromatic carbocycles. The lowest BCUT2D eigenvalue weighted by atomic mass is 9.47. The van der Waals surface area contributed by atoms with Gasteiger partial charge in [-0.3, -0.25) is 4.79 Å². The Hall–Kier alpha value is -0.830. The number of allylic oxidation sites excluding steroid dienone is 1. The predicted octanol–water partition coefficient (Wildman–Crippen LogP) is 6.29.